The molecule has 0 radical (unpaired) electrons. The number of anilines is 2. The van der Waals surface area contributed by atoms with Gasteiger partial charge < -0.3 is 35.8 Å². The van der Waals surface area contributed by atoms with E-state index in [4.69, 9.17) is 15.9 Å². The van der Waals surface area contributed by atoms with Crippen molar-refractivity contribution in [2.75, 3.05) is 16.8 Å². The van der Waals surface area contributed by atoms with Crippen LogP contribution >= 0.6 is 0 Å². The lowest BCUT2D eigenvalue weighted by Gasteiger charge is -2.30. The Labute approximate surface area is 269 Å². The van der Waals surface area contributed by atoms with Crippen LogP contribution < -0.4 is 26.0 Å². The first-order valence-corrected chi connectivity index (χ1v) is 14.5. The SMILES string of the molecule is CC(=O)OC(=O)CC[C@H](NC(=O)C(Cc1ccccc1)C(=O)Nc1ccc2c(c1)OCC(=O)N2Cc1ccc(C(=N)N)cc1)C(=O)O. The topological polar surface area (TPSA) is 218 Å². The van der Waals surface area contributed by atoms with Crippen LogP contribution in [0.1, 0.15) is 36.5 Å². The molecule has 3 amide bonds. The van der Waals surface area contributed by atoms with Crippen LogP contribution in [0.15, 0.2) is 72.8 Å². The number of nitrogens with zero attached hydrogens (tertiary/aromatic N) is 1. The van der Waals surface area contributed by atoms with E-state index in [1.165, 1.54) is 11.0 Å². The predicted octanol–water partition coefficient (Wildman–Crippen LogP) is 2.13. The quantitative estimate of drug-likeness (QED) is 0.0791. The van der Waals surface area contributed by atoms with E-state index < -0.39 is 48.1 Å². The highest BCUT2D eigenvalue weighted by atomic mass is 16.6. The van der Waals surface area contributed by atoms with E-state index in [1.54, 1.807) is 66.7 Å². The number of ether oxygens (including phenoxy) is 2. The Balaban J connectivity index is 1.51. The summed E-state index contributed by atoms with van der Waals surface area (Å²) in [4.78, 5) is 75.8. The minimum Gasteiger partial charge on any atom is -0.481 e. The third-order valence-electron chi connectivity index (χ3n) is 7.20. The van der Waals surface area contributed by atoms with E-state index in [-0.39, 0.29) is 43.4 Å². The molecular weight excluding hydrogens is 610 g/mol. The number of nitrogen functional groups attached to an aromatic ring is 1. The van der Waals surface area contributed by atoms with E-state index >= 15 is 0 Å². The van der Waals surface area contributed by atoms with Gasteiger partial charge in [0.25, 0.3) is 5.91 Å². The molecule has 0 aromatic heterocycles. The van der Waals surface area contributed by atoms with Gasteiger partial charge in [0, 0.05) is 30.7 Å². The lowest BCUT2D eigenvalue weighted by Crippen LogP contribution is -2.47. The maximum atomic E-state index is 13.5. The number of nitrogens with one attached hydrogen (secondary N) is 3. The Morgan fingerprint density at radius 1 is 1.00 bits per heavy atom. The molecule has 0 fully saturated rings. The number of hydrogen-bond acceptors (Lipinski definition) is 9. The number of carbonyl (C=O) groups excluding carboxylic acids is 5. The van der Waals surface area contributed by atoms with Gasteiger partial charge in [0.1, 0.15) is 23.5 Å². The maximum Gasteiger partial charge on any atom is 0.326 e. The molecular formula is C33H33N5O9. The minimum absolute atomic E-state index is 0.0661. The highest BCUT2D eigenvalue weighted by Gasteiger charge is 2.32. The fourth-order valence-corrected chi connectivity index (χ4v) is 4.81. The molecule has 0 aliphatic carbocycles. The van der Waals surface area contributed by atoms with Gasteiger partial charge in [0.15, 0.2) is 6.61 Å². The van der Waals surface area contributed by atoms with E-state index in [1.807, 2.05) is 0 Å². The summed E-state index contributed by atoms with van der Waals surface area (Å²) in [7, 11) is 0. The van der Waals surface area contributed by atoms with E-state index in [9.17, 15) is 33.9 Å². The van der Waals surface area contributed by atoms with E-state index in [0.29, 0.717) is 22.6 Å². The first-order valence-electron chi connectivity index (χ1n) is 14.5. The summed E-state index contributed by atoms with van der Waals surface area (Å²) in [6, 6.07) is 18.7. The van der Waals surface area contributed by atoms with Gasteiger partial charge in [-0.3, -0.25) is 29.4 Å². The van der Waals surface area contributed by atoms with Crippen LogP contribution in [0, 0.1) is 11.3 Å². The molecule has 14 heteroatoms. The number of carboxylic acid groups (broad SMARTS) is 1. The summed E-state index contributed by atoms with van der Waals surface area (Å²) < 4.78 is 10.1. The van der Waals surface area contributed by atoms with Crippen LogP contribution in [0.4, 0.5) is 11.4 Å². The van der Waals surface area contributed by atoms with Crippen molar-refractivity contribution in [1.29, 1.82) is 5.41 Å². The number of esters is 2. The van der Waals surface area contributed by atoms with Crippen LogP contribution in [0.2, 0.25) is 0 Å². The number of fused-ring (bicyclic) bond motifs is 1. The average molecular weight is 644 g/mol. The Morgan fingerprint density at radius 2 is 1.70 bits per heavy atom. The molecule has 0 spiro atoms. The second-order valence-corrected chi connectivity index (χ2v) is 10.7. The molecule has 3 aromatic carbocycles. The molecule has 3 aromatic rings. The molecule has 4 rings (SSSR count). The van der Waals surface area contributed by atoms with Gasteiger partial charge in [0.2, 0.25) is 11.8 Å². The maximum absolute atomic E-state index is 13.5. The van der Waals surface area contributed by atoms with Gasteiger partial charge in [-0.2, -0.15) is 0 Å². The average Bonchev–Trinajstić information content (AvgIpc) is 3.03. The molecule has 0 saturated carbocycles. The Kier molecular flexibility index (Phi) is 11.0. The lowest BCUT2D eigenvalue weighted by molar-refractivity contribution is -0.158. The van der Waals surface area contributed by atoms with Gasteiger partial charge in [-0.05, 0) is 36.1 Å². The number of rotatable bonds is 13. The summed E-state index contributed by atoms with van der Waals surface area (Å²) >= 11 is 0. The largest absolute Gasteiger partial charge is 0.481 e. The first-order chi connectivity index (χ1) is 22.4. The number of amides is 3. The van der Waals surface area contributed by atoms with Crippen LogP contribution in [-0.4, -0.2) is 59.2 Å². The van der Waals surface area contributed by atoms with Crippen LogP contribution in [0.25, 0.3) is 0 Å². The van der Waals surface area contributed by atoms with E-state index in [2.05, 4.69) is 15.4 Å². The second-order valence-electron chi connectivity index (χ2n) is 10.7. The highest BCUT2D eigenvalue weighted by molar-refractivity contribution is 6.08. The summed E-state index contributed by atoms with van der Waals surface area (Å²) in [6.07, 6.45) is -0.890. The molecule has 47 heavy (non-hydrogen) atoms. The third kappa shape index (κ3) is 9.23. The molecule has 0 bridgehead atoms. The third-order valence-corrected chi connectivity index (χ3v) is 7.20. The number of hydrogen-bond donors (Lipinski definition) is 5. The highest BCUT2D eigenvalue weighted by Crippen LogP contribution is 2.35. The molecule has 244 valence electrons. The Bertz CT molecular complexity index is 1690. The van der Waals surface area contributed by atoms with Crippen molar-refractivity contribution < 1.29 is 43.3 Å². The van der Waals surface area contributed by atoms with Crippen LogP contribution in [0.3, 0.4) is 0 Å². The monoisotopic (exact) mass is 643 g/mol. The summed E-state index contributed by atoms with van der Waals surface area (Å²) in [6.45, 7) is 1.00. The van der Waals surface area contributed by atoms with Crippen molar-refractivity contribution in [3.05, 3.63) is 89.5 Å². The van der Waals surface area contributed by atoms with Gasteiger partial charge in [0.05, 0.1) is 12.2 Å². The van der Waals surface area contributed by atoms with Crippen molar-refractivity contribution in [2.45, 2.75) is 38.8 Å². The van der Waals surface area contributed by atoms with Crippen molar-refractivity contribution in [2.24, 2.45) is 11.7 Å². The standard InChI is InChI=1S/C33H33N5O9/c1-19(39)47-29(41)14-12-25(33(44)45)37-32(43)24(15-20-5-3-2-4-6-20)31(42)36-23-11-13-26-27(16-23)46-18-28(40)38(26)17-21-7-9-22(10-8-21)30(34)35/h2-11,13,16,24-25H,12,14-15,17-18H2,1H3,(H3,34,35)(H,36,42)(H,37,43)(H,44,45)/t24?,25-/m0/s1. The predicted molar refractivity (Wildman–Crippen MR) is 168 cm³/mol. The van der Waals surface area contributed by atoms with Crippen molar-refractivity contribution in [1.82, 2.24) is 5.32 Å². The number of amidine groups is 1. The first kappa shape index (κ1) is 33.8. The van der Waals surface area contributed by atoms with Crippen molar-refractivity contribution >= 4 is 52.8 Å². The molecule has 1 aliphatic rings. The fraction of sp³-hybridized carbons (Fsp3) is 0.242. The van der Waals surface area contributed by atoms with Crippen molar-refractivity contribution in [3.8, 4) is 5.75 Å². The molecule has 2 atom stereocenters. The number of carbonyl (C=O) groups is 6. The molecule has 1 unspecified atom stereocenters. The Morgan fingerprint density at radius 3 is 2.34 bits per heavy atom. The zero-order valence-electron chi connectivity index (χ0n) is 25.4. The molecule has 6 N–H and O–H groups in total. The lowest BCUT2D eigenvalue weighted by atomic mass is 9.96. The molecule has 1 heterocycles. The van der Waals surface area contributed by atoms with Gasteiger partial charge >= 0.3 is 17.9 Å². The smallest absolute Gasteiger partial charge is 0.326 e. The number of carboxylic acids is 1. The van der Waals surface area contributed by atoms with Crippen LogP contribution in [-0.2, 0) is 46.5 Å². The fourth-order valence-electron chi connectivity index (χ4n) is 4.81. The van der Waals surface area contributed by atoms with Gasteiger partial charge in [-0.15, -0.1) is 0 Å². The number of aliphatic carboxylic acids is 1. The number of benzene rings is 3. The minimum atomic E-state index is -1.53. The zero-order chi connectivity index (χ0) is 34.1. The molecule has 1 aliphatic heterocycles. The van der Waals surface area contributed by atoms with Gasteiger partial charge in [-0.25, -0.2) is 4.79 Å². The molecule has 14 nitrogen and oxygen atoms in total. The van der Waals surface area contributed by atoms with Gasteiger partial charge in [-0.1, -0.05) is 54.6 Å². The molecule has 0 saturated heterocycles. The summed E-state index contributed by atoms with van der Waals surface area (Å²) in [5, 5.41) is 22.2. The second kappa shape index (κ2) is 15.3. The normalized spacial score (nSPS) is 13.3. The number of nitrogens with two attached hydrogens (primary N) is 1. The van der Waals surface area contributed by atoms with Crippen LogP contribution in [0.5, 0.6) is 5.75 Å². The Hall–Kier alpha value is -6.05. The van der Waals surface area contributed by atoms with E-state index in [0.717, 1.165) is 12.5 Å². The summed E-state index contributed by atoms with van der Waals surface area (Å²) in [5.74, 6) is -6.28. The zero-order valence-corrected chi connectivity index (χ0v) is 25.4. The summed E-state index contributed by atoms with van der Waals surface area (Å²) in [5.41, 5.74) is 8.23. The van der Waals surface area contributed by atoms with Crippen molar-refractivity contribution in [3.63, 3.8) is 0 Å².